The van der Waals surface area contributed by atoms with Crippen LogP contribution < -0.4 is 0 Å². The lowest BCUT2D eigenvalue weighted by molar-refractivity contribution is 0.0940. The summed E-state index contributed by atoms with van der Waals surface area (Å²) in [7, 11) is 0. The summed E-state index contributed by atoms with van der Waals surface area (Å²) < 4.78 is 5.14. The van der Waals surface area contributed by atoms with Gasteiger partial charge in [0.05, 0.1) is 0 Å². The van der Waals surface area contributed by atoms with Crippen LogP contribution in [0.2, 0.25) is 0 Å². The molecule has 10 rings (SSSR count). The van der Waals surface area contributed by atoms with Gasteiger partial charge in [0, 0.05) is 87.6 Å². The van der Waals surface area contributed by atoms with Gasteiger partial charge < -0.3 is 18.9 Å². The van der Waals surface area contributed by atoms with E-state index < -0.39 is 0 Å². The first kappa shape index (κ1) is 30.1. The molecule has 0 bridgehead atoms. The van der Waals surface area contributed by atoms with Gasteiger partial charge in [-0.05, 0) is 110 Å². The van der Waals surface area contributed by atoms with E-state index in [2.05, 4.69) is 127 Å². The van der Waals surface area contributed by atoms with Crippen LogP contribution in [0.25, 0.3) is 65.2 Å². The van der Waals surface area contributed by atoms with Crippen molar-refractivity contribution in [3.8, 4) is 0 Å². The van der Waals surface area contributed by atoms with Gasteiger partial charge in [-0.15, -0.1) is 0 Å². The van der Waals surface area contributed by atoms with Crippen molar-refractivity contribution in [3.63, 3.8) is 0 Å². The first-order valence-electron chi connectivity index (χ1n) is 18.9. The van der Waals surface area contributed by atoms with Crippen LogP contribution in [0.15, 0.2) is 116 Å². The van der Waals surface area contributed by atoms with E-state index in [9.17, 15) is 0 Å². The van der Waals surface area contributed by atoms with Crippen molar-refractivity contribution in [2.45, 2.75) is 38.8 Å². The molecule has 0 spiro atoms. The second-order valence-electron chi connectivity index (χ2n) is 14.9. The van der Waals surface area contributed by atoms with Crippen molar-refractivity contribution < 1.29 is 0 Å². The van der Waals surface area contributed by atoms with E-state index in [1.165, 1.54) is 117 Å². The molecule has 0 unspecified atom stereocenters. The van der Waals surface area contributed by atoms with Crippen molar-refractivity contribution in [2.24, 2.45) is 11.8 Å². The molecule has 0 aliphatic carbocycles. The molecule has 3 aromatic heterocycles. The molecule has 5 aromatic carbocycles. The number of pyridine rings is 1. The summed E-state index contributed by atoms with van der Waals surface area (Å²) in [6.07, 6.45) is 9.35. The first-order valence-corrected chi connectivity index (χ1v) is 18.9. The maximum Gasteiger partial charge on any atom is 0.0498 e. The van der Waals surface area contributed by atoms with Gasteiger partial charge in [-0.25, -0.2) is 0 Å². The Kier molecular flexibility index (Phi) is 7.57. The minimum absolute atomic E-state index is 0.881. The van der Waals surface area contributed by atoms with Crippen LogP contribution in [-0.4, -0.2) is 63.2 Å². The van der Waals surface area contributed by atoms with Crippen LogP contribution >= 0.6 is 0 Å². The van der Waals surface area contributed by atoms with Crippen LogP contribution in [0, 0.1) is 11.8 Å². The number of hydrogen-bond acceptors (Lipinski definition) is 3. The molecule has 2 aliphatic rings. The zero-order valence-electron chi connectivity index (χ0n) is 28.8. The standard InChI is InChI=1S/C45H45N5/c1-2-8-36-34(7-1)13-15-42-44(36)37-9-3-5-11-40(37)49(42)29-27-47-23-18-32(19-24-47)33-20-25-48(26-21-33)28-30-50-41-12-6-4-10-38(41)45-39-31-46-22-17-35(39)14-16-43(45)50/h1-17,22,31-33H,18-21,23-30H2. The molecule has 5 nitrogen and oxygen atoms in total. The summed E-state index contributed by atoms with van der Waals surface area (Å²) in [5, 5.41) is 10.7. The molecule has 0 radical (unpaired) electrons. The third-order valence-electron chi connectivity index (χ3n) is 12.4. The highest BCUT2D eigenvalue weighted by molar-refractivity contribution is 6.21. The van der Waals surface area contributed by atoms with Crippen molar-refractivity contribution in [3.05, 3.63) is 116 Å². The Balaban J connectivity index is 0.767. The maximum atomic E-state index is 4.47. The van der Waals surface area contributed by atoms with E-state index in [1.54, 1.807) is 0 Å². The maximum absolute atomic E-state index is 4.47. The Morgan fingerprint density at radius 3 is 1.50 bits per heavy atom. The monoisotopic (exact) mass is 655 g/mol. The van der Waals surface area contributed by atoms with Gasteiger partial charge in [0.15, 0.2) is 0 Å². The van der Waals surface area contributed by atoms with Crippen molar-refractivity contribution in [1.82, 2.24) is 23.9 Å². The minimum Gasteiger partial charge on any atom is -0.339 e. The van der Waals surface area contributed by atoms with E-state index in [4.69, 9.17) is 0 Å². The normalized spacial score (nSPS) is 17.4. The highest BCUT2D eigenvalue weighted by Crippen LogP contribution is 2.37. The topological polar surface area (TPSA) is 29.2 Å². The molecule has 0 amide bonds. The van der Waals surface area contributed by atoms with Crippen LogP contribution in [0.5, 0.6) is 0 Å². The third kappa shape index (κ3) is 5.09. The lowest BCUT2D eigenvalue weighted by Crippen LogP contribution is -2.42. The Morgan fingerprint density at radius 1 is 0.440 bits per heavy atom. The van der Waals surface area contributed by atoms with Gasteiger partial charge in [0.2, 0.25) is 0 Å². The molecule has 50 heavy (non-hydrogen) atoms. The average Bonchev–Trinajstić information content (AvgIpc) is 3.69. The summed E-state index contributed by atoms with van der Waals surface area (Å²) in [6, 6.07) is 38.1. The summed E-state index contributed by atoms with van der Waals surface area (Å²) in [4.78, 5) is 9.94. The molecule has 2 aliphatic heterocycles. The number of rotatable bonds is 7. The lowest BCUT2D eigenvalue weighted by atomic mass is 9.79. The second-order valence-corrected chi connectivity index (χ2v) is 14.9. The summed E-state index contributed by atoms with van der Waals surface area (Å²) in [6.45, 7) is 9.26. The zero-order valence-corrected chi connectivity index (χ0v) is 28.8. The van der Waals surface area contributed by atoms with Crippen LogP contribution in [0.3, 0.4) is 0 Å². The van der Waals surface area contributed by atoms with E-state index in [-0.39, 0.29) is 0 Å². The van der Waals surface area contributed by atoms with Crippen molar-refractivity contribution >= 4 is 65.2 Å². The summed E-state index contributed by atoms with van der Waals surface area (Å²) in [5.74, 6) is 1.76. The minimum atomic E-state index is 0.881. The van der Waals surface area contributed by atoms with Crippen LogP contribution in [-0.2, 0) is 13.1 Å². The SMILES string of the molecule is c1ccc2c(c1)ccc1c2c2ccccc2n1CCN1CCC(C2CCN(CCn3c4ccccc4c4c5cnccc5ccc43)CC2)CC1. The largest absolute Gasteiger partial charge is 0.339 e. The molecule has 5 heterocycles. The van der Waals surface area contributed by atoms with Crippen LogP contribution in [0.1, 0.15) is 25.7 Å². The van der Waals surface area contributed by atoms with Crippen LogP contribution in [0.4, 0.5) is 0 Å². The predicted octanol–water partition coefficient (Wildman–Crippen LogP) is 9.73. The van der Waals surface area contributed by atoms with Gasteiger partial charge in [0.25, 0.3) is 0 Å². The van der Waals surface area contributed by atoms with Gasteiger partial charge in [0.1, 0.15) is 0 Å². The molecule has 0 atom stereocenters. The Morgan fingerprint density at radius 2 is 0.920 bits per heavy atom. The average molecular weight is 656 g/mol. The highest BCUT2D eigenvalue weighted by atomic mass is 15.2. The Hall–Kier alpha value is -4.71. The van der Waals surface area contributed by atoms with Gasteiger partial charge in [-0.2, -0.15) is 0 Å². The number of aromatic nitrogens is 3. The highest BCUT2D eigenvalue weighted by Gasteiger charge is 2.30. The molecule has 2 fully saturated rings. The molecular weight excluding hydrogens is 611 g/mol. The molecule has 0 N–H and O–H groups in total. The van der Waals surface area contributed by atoms with Gasteiger partial charge >= 0.3 is 0 Å². The van der Waals surface area contributed by atoms with E-state index >= 15 is 0 Å². The Labute approximate surface area is 293 Å². The number of nitrogens with zero attached hydrogens (tertiary/aromatic N) is 5. The van der Waals surface area contributed by atoms with Crippen molar-refractivity contribution in [2.75, 3.05) is 39.3 Å². The fourth-order valence-electron chi connectivity index (χ4n) is 9.79. The zero-order chi connectivity index (χ0) is 33.0. The number of fused-ring (bicyclic) bond motifs is 10. The fourth-order valence-corrected chi connectivity index (χ4v) is 9.79. The summed E-state index contributed by atoms with van der Waals surface area (Å²) >= 11 is 0. The second kappa shape index (κ2) is 12.6. The third-order valence-corrected chi connectivity index (χ3v) is 12.4. The molecule has 8 aromatic rings. The van der Waals surface area contributed by atoms with E-state index in [0.29, 0.717) is 0 Å². The number of benzene rings is 5. The summed E-state index contributed by atoms with van der Waals surface area (Å²) in [5.41, 5.74) is 5.41. The van der Waals surface area contributed by atoms with Gasteiger partial charge in [-0.1, -0.05) is 72.8 Å². The van der Waals surface area contributed by atoms with E-state index in [0.717, 1.165) is 38.0 Å². The fraction of sp³-hybridized carbons (Fsp3) is 0.311. The van der Waals surface area contributed by atoms with Crippen molar-refractivity contribution in [1.29, 1.82) is 0 Å². The lowest BCUT2D eigenvalue weighted by Gasteiger charge is -2.40. The first-order chi connectivity index (χ1) is 24.8. The molecule has 0 saturated carbocycles. The number of hydrogen-bond donors (Lipinski definition) is 0. The molecule has 5 heteroatoms. The number of likely N-dealkylation sites (tertiary alicyclic amines) is 2. The Bertz CT molecular complexity index is 2310. The molecular formula is C45H45N5. The van der Waals surface area contributed by atoms with Gasteiger partial charge in [-0.3, -0.25) is 4.98 Å². The number of piperidine rings is 2. The molecule has 2 saturated heterocycles. The quantitative estimate of drug-likeness (QED) is 0.171. The van der Waals surface area contributed by atoms with E-state index in [1.807, 2.05) is 12.4 Å². The number of para-hydroxylation sites is 2. The molecule has 250 valence electrons. The smallest absolute Gasteiger partial charge is 0.0498 e. The predicted molar refractivity (Wildman–Crippen MR) is 210 cm³/mol.